The summed E-state index contributed by atoms with van der Waals surface area (Å²) < 4.78 is 43.3. The zero-order chi connectivity index (χ0) is 34.0. The number of likely N-dealkylation sites (tertiary alicyclic amines) is 1. The van der Waals surface area contributed by atoms with Gasteiger partial charge in [0.15, 0.2) is 5.82 Å². The molecule has 2 saturated heterocycles. The fourth-order valence-electron chi connectivity index (χ4n) is 6.93. The number of aromatic nitrogens is 2. The number of halogens is 4. The van der Waals surface area contributed by atoms with Gasteiger partial charge in [0.25, 0.3) is 0 Å². The topological polar surface area (TPSA) is 133 Å². The number of carbonyl (C=O) groups is 2. The third-order valence-corrected chi connectivity index (χ3v) is 9.84. The summed E-state index contributed by atoms with van der Waals surface area (Å²) in [7, 11) is 0. The molecular formula is C35H35ClF3N6O3+. The van der Waals surface area contributed by atoms with Crippen LogP contribution in [0.1, 0.15) is 48.2 Å². The van der Waals surface area contributed by atoms with E-state index in [0.717, 1.165) is 35.0 Å². The lowest BCUT2D eigenvalue weighted by Gasteiger charge is -2.49. The summed E-state index contributed by atoms with van der Waals surface area (Å²) in [6, 6.07) is 14.7. The predicted octanol–water partition coefficient (Wildman–Crippen LogP) is 6.60. The van der Waals surface area contributed by atoms with Crippen LogP contribution < -0.4 is 16.4 Å². The van der Waals surface area contributed by atoms with E-state index in [1.807, 2.05) is 0 Å². The maximum absolute atomic E-state index is 14.7. The third-order valence-electron chi connectivity index (χ3n) is 9.54. The van der Waals surface area contributed by atoms with Crippen LogP contribution in [-0.4, -0.2) is 63.3 Å². The molecule has 9 nitrogen and oxygen atoms in total. The van der Waals surface area contributed by atoms with Crippen LogP contribution in [0.5, 0.6) is 0 Å². The second-order valence-electron chi connectivity index (χ2n) is 12.4. The Labute approximate surface area is 280 Å². The minimum atomic E-state index is -1.15. The summed E-state index contributed by atoms with van der Waals surface area (Å²) in [6.45, 7) is 1.34. The van der Waals surface area contributed by atoms with E-state index < -0.39 is 17.7 Å². The van der Waals surface area contributed by atoms with Gasteiger partial charge in [0.05, 0.1) is 36.0 Å². The molecule has 1 aromatic heterocycles. The molecule has 0 saturated carbocycles. The number of anilines is 1. The number of H-pyrrole nitrogens is 1. The number of piperidine rings is 2. The Kier molecular flexibility index (Phi) is 9.70. The Bertz CT molecular complexity index is 1820. The second-order valence-corrected chi connectivity index (χ2v) is 12.8. The minimum Gasteiger partial charge on any atom is -0.465 e. The van der Waals surface area contributed by atoms with E-state index in [2.05, 4.69) is 20.6 Å². The van der Waals surface area contributed by atoms with Gasteiger partial charge in [-0.1, -0.05) is 35.9 Å². The molecule has 3 aromatic carbocycles. The monoisotopic (exact) mass is 679 g/mol. The van der Waals surface area contributed by atoms with E-state index in [4.69, 9.17) is 22.4 Å². The number of rotatable bonds is 7. The SMILES string of the molecule is NC1CC[N+](C(=O)/C=C/c2c(F)ccc(Cl)c2F)(C2CNC(c3ncc(-c4ccc(NC(=O)O)cc4)[nH]3)C(c3ccc(F)cc3)C2)CC1. The predicted molar refractivity (Wildman–Crippen MR) is 177 cm³/mol. The van der Waals surface area contributed by atoms with Crippen LogP contribution in [0.15, 0.2) is 72.9 Å². The smallest absolute Gasteiger partial charge is 0.409 e. The van der Waals surface area contributed by atoms with E-state index in [9.17, 15) is 22.8 Å². The largest absolute Gasteiger partial charge is 0.465 e. The fourth-order valence-corrected chi connectivity index (χ4v) is 7.10. The Hall–Kier alpha value is -4.49. The molecule has 2 fully saturated rings. The van der Waals surface area contributed by atoms with Crippen LogP contribution in [0.3, 0.4) is 0 Å². The van der Waals surface area contributed by atoms with Crippen molar-refractivity contribution in [3.05, 3.63) is 112 Å². The van der Waals surface area contributed by atoms with E-state index in [1.165, 1.54) is 18.2 Å². The Morgan fingerprint density at radius 3 is 2.42 bits per heavy atom. The van der Waals surface area contributed by atoms with Crippen molar-refractivity contribution in [1.29, 1.82) is 0 Å². The number of aromatic amines is 1. The zero-order valence-electron chi connectivity index (χ0n) is 25.8. The van der Waals surface area contributed by atoms with Crippen molar-refractivity contribution in [2.75, 3.05) is 25.0 Å². The highest BCUT2D eigenvalue weighted by molar-refractivity contribution is 6.30. The molecule has 3 heterocycles. The van der Waals surface area contributed by atoms with Crippen molar-refractivity contribution < 1.29 is 32.3 Å². The van der Waals surface area contributed by atoms with Gasteiger partial charge in [0.1, 0.15) is 23.5 Å². The summed E-state index contributed by atoms with van der Waals surface area (Å²) in [4.78, 5) is 33.2. The van der Waals surface area contributed by atoms with Crippen LogP contribution in [0.25, 0.3) is 17.3 Å². The van der Waals surface area contributed by atoms with Crippen molar-refractivity contribution in [1.82, 2.24) is 15.3 Å². The number of nitrogens with one attached hydrogen (secondary N) is 3. The van der Waals surface area contributed by atoms with Crippen LogP contribution in [-0.2, 0) is 4.79 Å². The van der Waals surface area contributed by atoms with Gasteiger partial charge in [0, 0.05) is 55.1 Å². The van der Waals surface area contributed by atoms with Gasteiger partial charge < -0.3 is 21.1 Å². The van der Waals surface area contributed by atoms with Crippen molar-refractivity contribution in [3.8, 4) is 11.3 Å². The first kappa shape index (κ1) is 33.4. The average molecular weight is 680 g/mol. The van der Waals surface area contributed by atoms with Gasteiger partial charge in [-0.25, -0.2) is 27.7 Å². The van der Waals surface area contributed by atoms with Gasteiger partial charge in [-0.15, -0.1) is 0 Å². The first-order chi connectivity index (χ1) is 23.0. The van der Waals surface area contributed by atoms with Crippen LogP contribution >= 0.6 is 11.6 Å². The molecule has 2 aliphatic rings. The molecule has 4 aromatic rings. The molecule has 2 aliphatic heterocycles. The summed E-state index contributed by atoms with van der Waals surface area (Å²) in [5.74, 6) is -1.99. The number of imidazole rings is 1. The molecule has 2 amide bonds. The summed E-state index contributed by atoms with van der Waals surface area (Å²) >= 11 is 5.88. The van der Waals surface area contributed by atoms with E-state index in [0.29, 0.717) is 50.4 Å². The summed E-state index contributed by atoms with van der Waals surface area (Å²) in [5.41, 5.74) is 8.71. The van der Waals surface area contributed by atoms with Crippen LogP contribution in [0.2, 0.25) is 5.02 Å². The van der Waals surface area contributed by atoms with Crippen LogP contribution in [0.4, 0.5) is 23.7 Å². The number of carbonyl (C=O) groups excluding carboxylic acids is 1. The molecule has 0 radical (unpaired) electrons. The van der Waals surface area contributed by atoms with Gasteiger partial charge in [-0.2, -0.15) is 0 Å². The molecule has 0 aliphatic carbocycles. The molecule has 3 atom stereocenters. The third kappa shape index (κ3) is 6.88. The number of benzene rings is 3. The normalized spacial score (nSPS) is 24.4. The standard InChI is InChI=1S/C35H34ClF3N6O3/c36-28-10-11-29(38)26(32(28)39)9-12-31(46)45(15-13-23(40)14-16-45)25-17-27(20-1-5-22(37)6-2-20)33(41-18-25)34-42-19-30(44-34)21-3-7-24(8-4-21)43-35(47)48/h1-12,19,23,25,27,33,41,43H,13-18,40H2,(H-,42,44,47,48)/p+1/b12-9+. The lowest BCUT2D eigenvalue weighted by atomic mass is 9.80. The fraction of sp³-hybridized carbons (Fsp3) is 0.286. The molecule has 250 valence electrons. The molecule has 48 heavy (non-hydrogen) atoms. The lowest BCUT2D eigenvalue weighted by Crippen LogP contribution is -2.67. The maximum atomic E-state index is 14.7. The number of amides is 2. The van der Waals surface area contributed by atoms with Gasteiger partial charge in [-0.3, -0.25) is 9.80 Å². The van der Waals surface area contributed by atoms with Crippen molar-refractivity contribution in [3.63, 3.8) is 0 Å². The number of hydrogen-bond donors (Lipinski definition) is 5. The molecule has 6 N–H and O–H groups in total. The summed E-state index contributed by atoms with van der Waals surface area (Å²) in [6.07, 6.45) is 4.67. The molecule has 13 heteroatoms. The number of nitrogens with zero attached hydrogens (tertiary/aromatic N) is 2. The second kappa shape index (κ2) is 13.9. The van der Waals surface area contributed by atoms with E-state index in [-0.39, 0.29) is 50.8 Å². The number of nitrogens with two attached hydrogens (primary N) is 1. The lowest BCUT2D eigenvalue weighted by molar-refractivity contribution is -0.882. The Balaban J connectivity index is 1.31. The van der Waals surface area contributed by atoms with E-state index in [1.54, 1.807) is 42.6 Å². The van der Waals surface area contributed by atoms with Crippen molar-refractivity contribution >= 4 is 35.4 Å². The molecule has 3 unspecified atom stereocenters. The van der Waals surface area contributed by atoms with Gasteiger partial charge >= 0.3 is 12.0 Å². The average Bonchev–Trinajstić information content (AvgIpc) is 3.57. The molecular weight excluding hydrogens is 645 g/mol. The van der Waals surface area contributed by atoms with E-state index >= 15 is 0 Å². The highest BCUT2D eigenvalue weighted by Crippen LogP contribution is 2.41. The van der Waals surface area contributed by atoms with Gasteiger partial charge in [-0.05, 0) is 53.6 Å². The minimum absolute atomic E-state index is 0.0472. The van der Waals surface area contributed by atoms with Gasteiger partial charge in [0.2, 0.25) is 0 Å². The number of hydrogen-bond acceptors (Lipinski definition) is 5. The maximum Gasteiger partial charge on any atom is 0.409 e. The summed E-state index contributed by atoms with van der Waals surface area (Å²) in [5, 5.41) is 14.7. The Morgan fingerprint density at radius 2 is 1.73 bits per heavy atom. The number of quaternary nitrogens is 1. The first-order valence-corrected chi connectivity index (χ1v) is 16.0. The number of carboxylic acid groups (broad SMARTS) is 1. The first-order valence-electron chi connectivity index (χ1n) is 15.7. The highest BCUT2D eigenvalue weighted by atomic mass is 35.5. The van der Waals surface area contributed by atoms with Crippen molar-refractivity contribution in [2.24, 2.45) is 5.73 Å². The molecule has 0 bridgehead atoms. The highest BCUT2D eigenvalue weighted by Gasteiger charge is 2.49. The Morgan fingerprint density at radius 1 is 1.02 bits per heavy atom. The molecule has 0 spiro atoms. The van der Waals surface area contributed by atoms with Crippen molar-refractivity contribution in [2.45, 2.75) is 43.3 Å². The zero-order valence-corrected chi connectivity index (χ0v) is 26.6. The molecule has 6 rings (SSSR count). The quantitative estimate of drug-likeness (QED) is 0.0849. The van der Waals surface area contributed by atoms with Crippen LogP contribution in [0, 0.1) is 17.5 Å².